The second-order valence-corrected chi connectivity index (χ2v) is 5.17. The molecule has 0 unspecified atom stereocenters. The molecule has 0 aliphatic carbocycles. The molecule has 1 amide bonds. The van der Waals surface area contributed by atoms with Gasteiger partial charge in [-0.15, -0.1) is 0 Å². The molecule has 0 radical (unpaired) electrons. The van der Waals surface area contributed by atoms with E-state index in [2.05, 4.69) is 5.32 Å². The summed E-state index contributed by atoms with van der Waals surface area (Å²) in [4.78, 5) is 23.0. The standard InChI is InChI=1S/C15H11ClN2O5/c16-9-1-3-10(4-2-9)17-15(19)11-7-13-14(23-6-5-22-13)8-12(11)18(20)21/h1-4,7-8H,5-6H2,(H,17,19). The Kier molecular flexibility index (Phi) is 4.03. The minimum absolute atomic E-state index is 0.103. The van der Waals surface area contributed by atoms with E-state index in [1.807, 2.05) is 0 Å². The second-order valence-electron chi connectivity index (χ2n) is 4.73. The summed E-state index contributed by atoms with van der Waals surface area (Å²) in [6.07, 6.45) is 0. The van der Waals surface area contributed by atoms with E-state index in [0.29, 0.717) is 29.7 Å². The molecule has 2 aromatic rings. The van der Waals surface area contributed by atoms with E-state index in [0.717, 1.165) is 0 Å². The molecule has 8 heteroatoms. The molecule has 0 bridgehead atoms. The van der Waals surface area contributed by atoms with Gasteiger partial charge in [0, 0.05) is 16.8 Å². The van der Waals surface area contributed by atoms with Crippen LogP contribution in [0.2, 0.25) is 5.02 Å². The van der Waals surface area contributed by atoms with Crippen molar-refractivity contribution in [2.45, 2.75) is 0 Å². The van der Waals surface area contributed by atoms with Crippen molar-refractivity contribution in [3.8, 4) is 11.5 Å². The van der Waals surface area contributed by atoms with Crippen LogP contribution in [0.25, 0.3) is 0 Å². The van der Waals surface area contributed by atoms with Gasteiger partial charge in [-0.25, -0.2) is 0 Å². The highest BCUT2D eigenvalue weighted by Gasteiger charge is 2.26. The number of ether oxygens (including phenoxy) is 2. The van der Waals surface area contributed by atoms with Gasteiger partial charge < -0.3 is 14.8 Å². The van der Waals surface area contributed by atoms with Gasteiger partial charge in [-0.05, 0) is 24.3 Å². The van der Waals surface area contributed by atoms with Crippen LogP contribution in [0.1, 0.15) is 10.4 Å². The lowest BCUT2D eigenvalue weighted by atomic mass is 10.1. The van der Waals surface area contributed by atoms with Crippen LogP contribution >= 0.6 is 11.6 Å². The third-order valence-electron chi connectivity index (χ3n) is 3.20. The molecule has 118 valence electrons. The van der Waals surface area contributed by atoms with Crippen LogP contribution in [0.5, 0.6) is 11.5 Å². The van der Waals surface area contributed by atoms with Crippen LogP contribution in [0.4, 0.5) is 11.4 Å². The number of rotatable bonds is 3. The van der Waals surface area contributed by atoms with Crippen LogP contribution < -0.4 is 14.8 Å². The summed E-state index contributed by atoms with van der Waals surface area (Å²) in [5, 5.41) is 14.3. The van der Waals surface area contributed by atoms with E-state index in [9.17, 15) is 14.9 Å². The summed E-state index contributed by atoms with van der Waals surface area (Å²) in [7, 11) is 0. The van der Waals surface area contributed by atoms with Crippen molar-refractivity contribution < 1.29 is 19.2 Å². The van der Waals surface area contributed by atoms with Crippen molar-refractivity contribution in [2.24, 2.45) is 0 Å². The first-order chi connectivity index (χ1) is 11.0. The molecule has 2 aromatic carbocycles. The second kappa shape index (κ2) is 6.13. The first-order valence-electron chi connectivity index (χ1n) is 6.69. The lowest BCUT2D eigenvalue weighted by molar-refractivity contribution is -0.385. The maximum absolute atomic E-state index is 12.4. The van der Waals surface area contributed by atoms with Gasteiger partial charge >= 0.3 is 0 Å². The van der Waals surface area contributed by atoms with Gasteiger partial charge in [0.15, 0.2) is 11.5 Å². The number of fused-ring (bicyclic) bond motifs is 1. The first-order valence-corrected chi connectivity index (χ1v) is 7.07. The normalized spacial score (nSPS) is 12.6. The van der Waals surface area contributed by atoms with E-state index >= 15 is 0 Å². The highest BCUT2D eigenvalue weighted by atomic mass is 35.5. The summed E-state index contributed by atoms with van der Waals surface area (Å²) >= 11 is 5.78. The van der Waals surface area contributed by atoms with Gasteiger partial charge in [0.05, 0.1) is 11.0 Å². The molecule has 3 rings (SSSR count). The van der Waals surface area contributed by atoms with Crippen LogP contribution in [0.3, 0.4) is 0 Å². The molecule has 0 aromatic heterocycles. The van der Waals surface area contributed by atoms with Gasteiger partial charge in [0.1, 0.15) is 18.8 Å². The Bertz CT molecular complexity index is 776. The number of nitro groups is 1. The molecule has 1 aliphatic heterocycles. The molecular weight excluding hydrogens is 324 g/mol. The number of nitrogens with zero attached hydrogens (tertiary/aromatic N) is 1. The molecule has 23 heavy (non-hydrogen) atoms. The van der Waals surface area contributed by atoms with Crippen molar-refractivity contribution in [3.63, 3.8) is 0 Å². The number of nitro benzene ring substituents is 1. The van der Waals surface area contributed by atoms with Gasteiger partial charge in [-0.1, -0.05) is 11.6 Å². The molecule has 1 aliphatic rings. The van der Waals surface area contributed by atoms with Crippen molar-refractivity contribution in [3.05, 3.63) is 57.1 Å². The number of nitrogens with one attached hydrogen (secondary N) is 1. The van der Waals surface area contributed by atoms with E-state index in [-0.39, 0.29) is 17.0 Å². The predicted octanol–water partition coefficient (Wildman–Crippen LogP) is 3.27. The van der Waals surface area contributed by atoms with Crippen molar-refractivity contribution in [1.29, 1.82) is 0 Å². The zero-order valence-corrected chi connectivity index (χ0v) is 12.5. The fourth-order valence-corrected chi connectivity index (χ4v) is 2.27. The number of benzene rings is 2. The maximum atomic E-state index is 12.4. The highest BCUT2D eigenvalue weighted by Crippen LogP contribution is 2.36. The van der Waals surface area contributed by atoms with E-state index in [1.165, 1.54) is 12.1 Å². The molecule has 0 saturated heterocycles. The largest absolute Gasteiger partial charge is 0.486 e. The quantitative estimate of drug-likeness (QED) is 0.687. The number of anilines is 1. The Labute approximate surface area is 135 Å². The van der Waals surface area contributed by atoms with E-state index < -0.39 is 10.8 Å². The Morgan fingerprint density at radius 3 is 2.35 bits per heavy atom. The average Bonchev–Trinajstić information content (AvgIpc) is 2.55. The molecule has 0 fully saturated rings. The average molecular weight is 335 g/mol. The number of hydrogen-bond acceptors (Lipinski definition) is 5. The number of halogens is 1. The predicted molar refractivity (Wildman–Crippen MR) is 83.5 cm³/mol. The summed E-state index contributed by atoms with van der Waals surface area (Å²) in [5.74, 6) is -0.0508. The van der Waals surface area contributed by atoms with Crippen molar-refractivity contribution in [1.82, 2.24) is 0 Å². The molecular formula is C15H11ClN2O5. The van der Waals surface area contributed by atoms with Crippen LogP contribution in [-0.4, -0.2) is 24.0 Å². The Balaban J connectivity index is 1.95. The summed E-state index contributed by atoms with van der Waals surface area (Å²) in [5.41, 5.74) is 0.0264. The third kappa shape index (κ3) is 3.19. The number of amides is 1. The lowest BCUT2D eigenvalue weighted by Gasteiger charge is -2.18. The summed E-state index contributed by atoms with van der Waals surface area (Å²) < 4.78 is 10.7. The van der Waals surface area contributed by atoms with Crippen LogP contribution in [-0.2, 0) is 0 Å². The highest BCUT2D eigenvalue weighted by molar-refractivity contribution is 6.30. The van der Waals surface area contributed by atoms with Gasteiger partial charge in [0.25, 0.3) is 11.6 Å². The molecule has 1 N–H and O–H groups in total. The Morgan fingerprint density at radius 1 is 1.13 bits per heavy atom. The summed E-state index contributed by atoms with van der Waals surface area (Å²) in [6.45, 7) is 0.628. The van der Waals surface area contributed by atoms with Gasteiger partial charge in [0.2, 0.25) is 0 Å². The minimum Gasteiger partial charge on any atom is -0.486 e. The molecule has 0 atom stereocenters. The number of carbonyl (C=O) groups is 1. The fraction of sp³-hybridized carbons (Fsp3) is 0.133. The molecule has 0 saturated carbocycles. The number of hydrogen-bond donors (Lipinski definition) is 1. The van der Waals surface area contributed by atoms with E-state index in [1.54, 1.807) is 24.3 Å². The van der Waals surface area contributed by atoms with Crippen molar-refractivity contribution >= 4 is 28.9 Å². The molecule has 7 nitrogen and oxygen atoms in total. The van der Waals surface area contributed by atoms with Crippen LogP contribution in [0.15, 0.2) is 36.4 Å². The SMILES string of the molecule is O=C(Nc1ccc(Cl)cc1)c1cc2c(cc1[N+](=O)[O-])OCCO2. The monoisotopic (exact) mass is 334 g/mol. The van der Waals surface area contributed by atoms with Crippen LogP contribution in [0, 0.1) is 10.1 Å². The summed E-state index contributed by atoms with van der Waals surface area (Å²) in [6, 6.07) is 8.93. The fourth-order valence-electron chi connectivity index (χ4n) is 2.14. The smallest absolute Gasteiger partial charge is 0.286 e. The Morgan fingerprint density at radius 2 is 1.74 bits per heavy atom. The molecule has 1 heterocycles. The third-order valence-corrected chi connectivity index (χ3v) is 3.46. The Hall–Kier alpha value is -2.80. The van der Waals surface area contributed by atoms with Gasteiger partial charge in [-0.2, -0.15) is 0 Å². The maximum Gasteiger partial charge on any atom is 0.286 e. The first kappa shape index (κ1) is 15.1. The zero-order valence-electron chi connectivity index (χ0n) is 11.7. The zero-order chi connectivity index (χ0) is 16.4. The topological polar surface area (TPSA) is 90.7 Å². The molecule has 0 spiro atoms. The minimum atomic E-state index is -0.630. The number of carbonyl (C=O) groups excluding carboxylic acids is 1. The van der Waals surface area contributed by atoms with E-state index in [4.69, 9.17) is 21.1 Å². The van der Waals surface area contributed by atoms with Gasteiger partial charge in [-0.3, -0.25) is 14.9 Å². The lowest BCUT2D eigenvalue weighted by Crippen LogP contribution is -2.18. The van der Waals surface area contributed by atoms with Crippen molar-refractivity contribution in [2.75, 3.05) is 18.5 Å².